The van der Waals surface area contributed by atoms with Crippen molar-refractivity contribution in [3.8, 4) is 5.69 Å². The summed E-state index contributed by atoms with van der Waals surface area (Å²) >= 11 is 13.4. The van der Waals surface area contributed by atoms with Crippen molar-refractivity contribution < 1.29 is 9.53 Å². The molecule has 1 N–H and O–H groups in total. The maximum absolute atomic E-state index is 13.7. The lowest BCUT2D eigenvalue weighted by Crippen LogP contribution is -2.41. The van der Waals surface area contributed by atoms with Gasteiger partial charge in [0.25, 0.3) is 5.56 Å². The molecule has 0 radical (unpaired) electrons. The van der Waals surface area contributed by atoms with Gasteiger partial charge in [-0.1, -0.05) is 29.3 Å². The number of thiophene rings is 1. The topological polar surface area (TPSA) is 82.3 Å². The van der Waals surface area contributed by atoms with E-state index in [-0.39, 0.29) is 6.54 Å². The average molecular weight is 530 g/mol. The Morgan fingerprint density at radius 3 is 2.57 bits per heavy atom. The molecule has 2 aromatic heterocycles. The number of amides is 1. The molecule has 0 spiro atoms. The molecule has 0 unspecified atom stereocenters. The molecular formula is C25H21Cl2N3O4S. The van der Waals surface area contributed by atoms with Crippen LogP contribution in [0, 0.1) is 0 Å². The first-order valence-corrected chi connectivity index (χ1v) is 12.5. The first-order valence-electron chi connectivity index (χ1n) is 10.9. The van der Waals surface area contributed by atoms with Crippen LogP contribution in [0.4, 0.5) is 5.69 Å². The van der Waals surface area contributed by atoms with Crippen molar-refractivity contribution in [2.45, 2.75) is 39.0 Å². The highest BCUT2D eigenvalue weighted by Gasteiger charge is 2.32. The number of anilines is 1. The highest BCUT2D eigenvalue weighted by atomic mass is 35.5. The van der Waals surface area contributed by atoms with Crippen LogP contribution in [0.2, 0.25) is 10.0 Å². The molecule has 0 aliphatic carbocycles. The van der Waals surface area contributed by atoms with Crippen molar-refractivity contribution >= 4 is 56.3 Å². The molecular weight excluding hydrogens is 509 g/mol. The fourth-order valence-electron chi connectivity index (χ4n) is 4.22. The summed E-state index contributed by atoms with van der Waals surface area (Å²) in [5.74, 6) is -0.407. The summed E-state index contributed by atoms with van der Waals surface area (Å²) in [5, 5.41) is 4.15. The zero-order valence-electron chi connectivity index (χ0n) is 18.9. The Kier molecular flexibility index (Phi) is 6.09. The first-order chi connectivity index (χ1) is 16.6. The molecule has 4 aromatic rings. The lowest BCUT2D eigenvalue weighted by molar-refractivity contribution is -0.116. The number of nitrogens with one attached hydrogen (secondary N) is 1. The SMILES string of the molecule is CC1(C)Cc2c(sc3c2c(=O)n(-c2cccc(Cl)c2)c(=O)n3CC(=O)Nc2ccc(Cl)cc2)CO1. The van der Waals surface area contributed by atoms with Gasteiger partial charge in [-0.15, -0.1) is 11.3 Å². The number of benzene rings is 2. The van der Waals surface area contributed by atoms with Crippen LogP contribution in [0.5, 0.6) is 0 Å². The summed E-state index contributed by atoms with van der Waals surface area (Å²) < 4.78 is 8.37. The van der Waals surface area contributed by atoms with E-state index in [0.29, 0.717) is 44.7 Å². The summed E-state index contributed by atoms with van der Waals surface area (Å²) in [4.78, 5) is 41.7. The molecule has 7 nitrogen and oxygen atoms in total. The minimum atomic E-state index is -0.616. The number of halogens is 2. The van der Waals surface area contributed by atoms with Crippen molar-refractivity contribution in [2.75, 3.05) is 5.32 Å². The smallest absolute Gasteiger partial charge is 0.337 e. The van der Waals surface area contributed by atoms with E-state index >= 15 is 0 Å². The Morgan fingerprint density at radius 1 is 1.11 bits per heavy atom. The zero-order chi connectivity index (χ0) is 24.9. The maximum Gasteiger partial charge on any atom is 0.337 e. The Hall–Kier alpha value is -2.91. The third-order valence-corrected chi connectivity index (χ3v) is 7.56. The van der Waals surface area contributed by atoms with Crippen LogP contribution in [-0.2, 0) is 29.1 Å². The summed E-state index contributed by atoms with van der Waals surface area (Å²) in [6, 6.07) is 13.2. The number of hydrogen-bond acceptors (Lipinski definition) is 5. The van der Waals surface area contributed by atoms with Gasteiger partial charge in [-0.05, 0) is 61.9 Å². The molecule has 10 heteroatoms. The molecule has 1 aliphatic heterocycles. The molecule has 1 amide bonds. The van der Waals surface area contributed by atoms with Gasteiger partial charge in [0.15, 0.2) is 0 Å². The first kappa shape index (κ1) is 23.8. The second-order valence-corrected chi connectivity index (χ2v) is 10.9. The second kappa shape index (κ2) is 8.95. The highest BCUT2D eigenvalue weighted by molar-refractivity contribution is 7.18. The Labute approximate surface area is 214 Å². The van der Waals surface area contributed by atoms with Gasteiger partial charge in [-0.3, -0.25) is 14.2 Å². The number of nitrogens with zero attached hydrogens (tertiary/aromatic N) is 2. The number of carbonyl (C=O) groups excluding carboxylic acids is 1. The van der Waals surface area contributed by atoms with Gasteiger partial charge in [0.2, 0.25) is 5.91 Å². The Balaban J connectivity index is 1.69. The van der Waals surface area contributed by atoms with E-state index in [0.717, 1.165) is 15.0 Å². The molecule has 35 heavy (non-hydrogen) atoms. The predicted molar refractivity (Wildman–Crippen MR) is 139 cm³/mol. The molecule has 5 rings (SSSR count). The molecule has 1 aliphatic rings. The van der Waals surface area contributed by atoms with Gasteiger partial charge in [-0.2, -0.15) is 0 Å². The molecule has 0 bridgehead atoms. The molecule has 0 atom stereocenters. The average Bonchev–Trinajstić information content (AvgIpc) is 3.16. The maximum atomic E-state index is 13.7. The third kappa shape index (κ3) is 4.54. The van der Waals surface area contributed by atoms with E-state index in [2.05, 4.69) is 5.32 Å². The predicted octanol–water partition coefficient (Wildman–Crippen LogP) is 5.01. The van der Waals surface area contributed by atoms with Crippen molar-refractivity contribution in [2.24, 2.45) is 0 Å². The summed E-state index contributed by atoms with van der Waals surface area (Å²) in [7, 11) is 0. The molecule has 2 aromatic carbocycles. The van der Waals surface area contributed by atoms with Crippen LogP contribution in [0.1, 0.15) is 24.3 Å². The number of ether oxygens (including phenoxy) is 1. The highest BCUT2D eigenvalue weighted by Crippen LogP contribution is 2.37. The fraction of sp³-hybridized carbons (Fsp3) is 0.240. The standard InChI is InChI=1S/C25H21Cl2N3O4S/c1-25(2)11-18-19(13-34-25)35-23-21(18)22(32)30(17-5-3-4-15(27)10-17)24(33)29(23)12-20(31)28-16-8-6-14(26)7-9-16/h3-10H,11-13H2,1-2H3,(H,28,31). The van der Waals surface area contributed by atoms with Crippen LogP contribution in [0.25, 0.3) is 15.9 Å². The van der Waals surface area contributed by atoms with E-state index in [1.165, 1.54) is 15.9 Å². The lowest BCUT2D eigenvalue weighted by Gasteiger charge is -2.29. The molecule has 3 heterocycles. The Bertz CT molecular complexity index is 1590. The second-order valence-electron chi connectivity index (χ2n) is 8.95. The summed E-state index contributed by atoms with van der Waals surface area (Å²) in [5.41, 5.74) is 0.238. The van der Waals surface area contributed by atoms with Crippen LogP contribution in [0.3, 0.4) is 0 Å². The summed E-state index contributed by atoms with van der Waals surface area (Å²) in [6.45, 7) is 3.99. The number of aromatic nitrogens is 2. The normalized spacial score (nSPS) is 14.6. The molecule has 0 saturated heterocycles. The van der Waals surface area contributed by atoms with Gasteiger partial charge < -0.3 is 10.1 Å². The number of carbonyl (C=O) groups is 1. The number of hydrogen-bond donors (Lipinski definition) is 1. The van der Waals surface area contributed by atoms with Crippen LogP contribution < -0.4 is 16.6 Å². The van der Waals surface area contributed by atoms with Gasteiger partial charge in [0.05, 0.1) is 23.3 Å². The van der Waals surface area contributed by atoms with Crippen LogP contribution >= 0.6 is 34.5 Å². The van der Waals surface area contributed by atoms with Crippen molar-refractivity contribution in [3.63, 3.8) is 0 Å². The molecule has 0 saturated carbocycles. The Morgan fingerprint density at radius 2 is 1.86 bits per heavy atom. The van der Waals surface area contributed by atoms with E-state index < -0.39 is 22.8 Å². The molecule has 0 fully saturated rings. The van der Waals surface area contributed by atoms with E-state index in [1.807, 2.05) is 13.8 Å². The number of rotatable bonds is 4. The van der Waals surface area contributed by atoms with Crippen LogP contribution in [0.15, 0.2) is 58.1 Å². The van der Waals surface area contributed by atoms with Crippen LogP contribution in [-0.4, -0.2) is 20.6 Å². The minimum absolute atomic E-state index is 0.275. The van der Waals surface area contributed by atoms with E-state index in [4.69, 9.17) is 27.9 Å². The van der Waals surface area contributed by atoms with Gasteiger partial charge >= 0.3 is 5.69 Å². The van der Waals surface area contributed by atoms with Crippen molar-refractivity contribution in [1.82, 2.24) is 9.13 Å². The van der Waals surface area contributed by atoms with Gasteiger partial charge in [0, 0.05) is 27.0 Å². The van der Waals surface area contributed by atoms with Crippen molar-refractivity contribution in [3.05, 3.63) is 89.9 Å². The van der Waals surface area contributed by atoms with Gasteiger partial charge in [0.1, 0.15) is 11.4 Å². The largest absolute Gasteiger partial charge is 0.370 e. The van der Waals surface area contributed by atoms with E-state index in [9.17, 15) is 14.4 Å². The lowest BCUT2D eigenvalue weighted by atomic mass is 9.94. The quantitative estimate of drug-likeness (QED) is 0.402. The monoisotopic (exact) mass is 529 g/mol. The summed E-state index contributed by atoms with van der Waals surface area (Å²) in [6.07, 6.45) is 0.516. The minimum Gasteiger partial charge on any atom is -0.370 e. The zero-order valence-corrected chi connectivity index (χ0v) is 21.3. The fourth-order valence-corrected chi connectivity index (χ4v) is 5.74. The van der Waals surface area contributed by atoms with Crippen molar-refractivity contribution in [1.29, 1.82) is 0 Å². The number of fused-ring (bicyclic) bond motifs is 3. The van der Waals surface area contributed by atoms with Gasteiger partial charge in [-0.25, -0.2) is 9.36 Å². The molecule has 180 valence electrons. The van der Waals surface area contributed by atoms with E-state index in [1.54, 1.807) is 48.5 Å². The third-order valence-electron chi connectivity index (χ3n) is 5.85.